The van der Waals surface area contributed by atoms with Crippen molar-refractivity contribution in [3.63, 3.8) is 0 Å². The molecule has 1 unspecified atom stereocenters. The van der Waals surface area contributed by atoms with Gasteiger partial charge in [0.05, 0.1) is 13.2 Å². The zero-order valence-electron chi connectivity index (χ0n) is 10.6. The van der Waals surface area contributed by atoms with Crippen molar-refractivity contribution in [3.05, 3.63) is 23.8 Å². The molecule has 1 atom stereocenters. The highest BCUT2D eigenvalue weighted by Crippen LogP contribution is 2.25. The number of carbonyl (C=O) groups is 1. The second-order valence-corrected chi connectivity index (χ2v) is 4.13. The normalized spacial score (nSPS) is 11.9. The third-order valence-corrected chi connectivity index (χ3v) is 2.53. The number of ether oxygens (including phenoxy) is 1. The molecule has 0 saturated carbocycles. The Bertz CT molecular complexity index is 404. The van der Waals surface area contributed by atoms with Crippen molar-refractivity contribution in [2.45, 2.75) is 25.9 Å². The first-order chi connectivity index (χ1) is 8.54. The molecule has 1 amide bonds. The standard InChI is InChI=1S/C13H19NO4/c1-9(15)4-3-7-14-13(17)10-5-6-12(18-2)11(16)8-10/h5-6,8-9,15-16H,3-4,7H2,1-2H3,(H,14,17). The van der Waals surface area contributed by atoms with Crippen LogP contribution in [0.3, 0.4) is 0 Å². The lowest BCUT2D eigenvalue weighted by molar-refractivity contribution is 0.0949. The number of carbonyl (C=O) groups excluding carboxylic acids is 1. The van der Waals surface area contributed by atoms with Gasteiger partial charge < -0.3 is 20.3 Å². The van der Waals surface area contributed by atoms with Crippen molar-refractivity contribution in [1.82, 2.24) is 5.32 Å². The molecule has 5 nitrogen and oxygen atoms in total. The molecule has 0 aliphatic carbocycles. The fraction of sp³-hybridized carbons (Fsp3) is 0.462. The van der Waals surface area contributed by atoms with Gasteiger partial charge in [-0.1, -0.05) is 0 Å². The van der Waals surface area contributed by atoms with Crippen LogP contribution in [0.5, 0.6) is 11.5 Å². The number of amides is 1. The largest absolute Gasteiger partial charge is 0.504 e. The van der Waals surface area contributed by atoms with E-state index < -0.39 is 0 Å². The van der Waals surface area contributed by atoms with E-state index >= 15 is 0 Å². The van der Waals surface area contributed by atoms with Gasteiger partial charge in [-0.3, -0.25) is 4.79 Å². The van der Waals surface area contributed by atoms with Crippen molar-refractivity contribution in [2.24, 2.45) is 0 Å². The van der Waals surface area contributed by atoms with Crippen molar-refractivity contribution < 1.29 is 19.7 Å². The van der Waals surface area contributed by atoms with Crippen molar-refractivity contribution in [3.8, 4) is 11.5 Å². The summed E-state index contributed by atoms with van der Waals surface area (Å²) in [5, 5.41) is 21.3. The molecular weight excluding hydrogens is 234 g/mol. The molecule has 1 aromatic carbocycles. The van der Waals surface area contributed by atoms with E-state index in [0.717, 1.165) is 0 Å². The molecule has 100 valence electrons. The van der Waals surface area contributed by atoms with Crippen LogP contribution in [0.1, 0.15) is 30.1 Å². The summed E-state index contributed by atoms with van der Waals surface area (Å²) in [5.74, 6) is 0.0216. The molecule has 0 aliphatic rings. The van der Waals surface area contributed by atoms with E-state index in [2.05, 4.69) is 5.32 Å². The van der Waals surface area contributed by atoms with Crippen LogP contribution < -0.4 is 10.1 Å². The van der Waals surface area contributed by atoms with Gasteiger partial charge in [0, 0.05) is 12.1 Å². The van der Waals surface area contributed by atoms with Crippen LogP contribution in [0, 0.1) is 0 Å². The first-order valence-electron chi connectivity index (χ1n) is 5.88. The number of hydrogen-bond donors (Lipinski definition) is 3. The van der Waals surface area contributed by atoms with E-state index in [0.29, 0.717) is 30.7 Å². The Morgan fingerprint density at radius 1 is 1.50 bits per heavy atom. The highest BCUT2D eigenvalue weighted by Gasteiger charge is 2.09. The summed E-state index contributed by atoms with van der Waals surface area (Å²) in [6.07, 6.45) is 1.01. The molecule has 1 aromatic rings. The number of hydrogen-bond acceptors (Lipinski definition) is 4. The molecule has 18 heavy (non-hydrogen) atoms. The molecule has 0 aliphatic heterocycles. The summed E-state index contributed by atoms with van der Waals surface area (Å²) < 4.78 is 4.90. The Labute approximate surface area is 106 Å². The molecule has 3 N–H and O–H groups in total. The number of aromatic hydroxyl groups is 1. The average molecular weight is 253 g/mol. The first-order valence-corrected chi connectivity index (χ1v) is 5.88. The summed E-state index contributed by atoms with van der Waals surface area (Å²) in [5.41, 5.74) is 0.380. The molecule has 1 rings (SSSR count). The number of benzene rings is 1. The van der Waals surface area contributed by atoms with E-state index in [-0.39, 0.29) is 17.8 Å². The lowest BCUT2D eigenvalue weighted by atomic mass is 10.1. The second kappa shape index (κ2) is 6.86. The third-order valence-electron chi connectivity index (χ3n) is 2.53. The minimum absolute atomic E-state index is 0.0610. The van der Waals surface area contributed by atoms with Crippen molar-refractivity contribution >= 4 is 5.91 Å². The van der Waals surface area contributed by atoms with E-state index in [1.807, 2.05) is 0 Å². The number of methoxy groups -OCH3 is 1. The zero-order valence-corrected chi connectivity index (χ0v) is 10.6. The molecule has 0 aromatic heterocycles. The predicted octanol–water partition coefficient (Wildman–Crippen LogP) is 1.29. The van der Waals surface area contributed by atoms with Crippen LogP contribution in [-0.4, -0.2) is 35.9 Å². The van der Waals surface area contributed by atoms with Gasteiger partial charge in [-0.15, -0.1) is 0 Å². The molecule has 0 saturated heterocycles. The predicted molar refractivity (Wildman–Crippen MR) is 67.9 cm³/mol. The fourth-order valence-electron chi connectivity index (χ4n) is 1.53. The average Bonchev–Trinajstić information content (AvgIpc) is 2.34. The topological polar surface area (TPSA) is 78.8 Å². The Hall–Kier alpha value is -1.75. The van der Waals surface area contributed by atoms with Crippen molar-refractivity contribution in [2.75, 3.05) is 13.7 Å². The Morgan fingerprint density at radius 3 is 2.78 bits per heavy atom. The van der Waals surface area contributed by atoms with Gasteiger partial charge >= 0.3 is 0 Å². The second-order valence-electron chi connectivity index (χ2n) is 4.13. The number of phenolic OH excluding ortho intramolecular Hbond substituents is 1. The molecular formula is C13H19NO4. The Morgan fingerprint density at radius 2 is 2.22 bits per heavy atom. The van der Waals surface area contributed by atoms with Crippen LogP contribution in [0.2, 0.25) is 0 Å². The number of nitrogens with one attached hydrogen (secondary N) is 1. The third kappa shape index (κ3) is 4.25. The van der Waals surface area contributed by atoms with Gasteiger partial charge in [0.15, 0.2) is 11.5 Å². The van der Waals surface area contributed by atoms with Gasteiger partial charge in [-0.2, -0.15) is 0 Å². The quantitative estimate of drug-likeness (QED) is 0.667. The summed E-state index contributed by atoms with van der Waals surface area (Å²) in [6, 6.07) is 4.49. The highest BCUT2D eigenvalue weighted by atomic mass is 16.5. The fourth-order valence-corrected chi connectivity index (χ4v) is 1.53. The maximum absolute atomic E-state index is 11.7. The van der Waals surface area contributed by atoms with Crippen molar-refractivity contribution in [1.29, 1.82) is 0 Å². The van der Waals surface area contributed by atoms with E-state index in [4.69, 9.17) is 9.84 Å². The van der Waals surface area contributed by atoms with Crippen LogP contribution >= 0.6 is 0 Å². The monoisotopic (exact) mass is 253 g/mol. The Kier molecular flexibility index (Phi) is 5.45. The molecule has 0 radical (unpaired) electrons. The van der Waals surface area contributed by atoms with Gasteiger partial charge in [-0.05, 0) is 38.0 Å². The maximum atomic E-state index is 11.7. The number of phenols is 1. The van der Waals surface area contributed by atoms with Crippen LogP contribution in [0.15, 0.2) is 18.2 Å². The lowest BCUT2D eigenvalue weighted by Gasteiger charge is -2.08. The minimum atomic E-state index is -0.355. The minimum Gasteiger partial charge on any atom is -0.504 e. The van der Waals surface area contributed by atoms with E-state index in [1.165, 1.54) is 13.2 Å². The van der Waals surface area contributed by atoms with E-state index in [9.17, 15) is 9.90 Å². The molecule has 0 bridgehead atoms. The van der Waals surface area contributed by atoms with Crippen LogP contribution in [0.25, 0.3) is 0 Å². The molecule has 0 spiro atoms. The number of rotatable bonds is 6. The van der Waals surface area contributed by atoms with Gasteiger partial charge in [0.25, 0.3) is 5.91 Å². The smallest absolute Gasteiger partial charge is 0.251 e. The molecule has 5 heteroatoms. The first kappa shape index (κ1) is 14.3. The number of aliphatic hydroxyl groups is 1. The lowest BCUT2D eigenvalue weighted by Crippen LogP contribution is -2.25. The van der Waals surface area contributed by atoms with Gasteiger partial charge in [0.1, 0.15) is 0 Å². The maximum Gasteiger partial charge on any atom is 0.251 e. The number of aliphatic hydroxyl groups excluding tert-OH is 1. The molecule has 0 heterocycles. The van der Waals surface area contributed by atoms with Gasteiger partial charge in [-0.25, -0.2) is 0 Å². The van der Waals surface area contributed by atoms with Crippen LogP contribution in [0.4, 0.5) is 0 Å². The molecule has 0 fully saturated rings. The zero-order chi connectivity index (χ0) is 13.5. The Balaban J connectivity index is 2.49. The summed E-state index contributed by atoms with van der Waals surface area (Å²) in [6.45, 7) is 2.21. The summed E-state index contributed by atoms with van der Waals surface area (Å²) in [4.78, 5) is 11.7. The summed E-state index contributed by atoms with van der Waals surface area (Å²) in [7, 11) is 1.45. The highest BCUT2D eigenvalue weighted by molar-refractivity contribution is 5.94. The van der Waals surface area contributed by atoms with Gasteiger partial charge in [0.2, 0.25) is 0 Å². The summed E-state index contributed by atoms with van der Waals surface area (Å²) >= 11 is 0. The van der Waals surface area contributed by atoms with Crippen LogP contribution in [-0.2, 0) is 0 Å². The SMILES string of the molecule is COc1ccc(C(=O)NCCCC(C)O)cc1O. The van der Waals surface area contributed by atoms with E-state index in [1.54, 1.807) is 19.1 Å².